The van der Waals surface area contributed by atoms with Gasteiger partial charge in [-0.3, -0.25) is 10.1 Å². The van der Waals surface area contributed by atoms with Crippen molar-refractivity contribution in [2.45, 2.75) is 46.0 Å². The van der Waals surface area contributed by atoms with E-state index in [4.69, 9.17) is 21.4 Å². The number of carbonyl (C=O) groups is 1. The molecule has 186 valence electrons. The smallest absolute Gasteiger partial charge is 0.264 e. The second kappa shape index (κ2) is 11.4. The number of thiocarbonyl (C=S) groups is 1. The van der Waals surface area contributed by atoms with Gasteiger partial charge in [0.2, 0.25) is 5.89 Å². The summed E-state index contributed by atoms with van der Waals surface area (Å²) >= 11 is 5.31. The Kier molecular flexibility index (Phi) is 8.00. The Labute approximate surface area is 217 Å². The highest BCUT2D eigenvalue weighted by Gasteiger charge is 2.12. The largest absolute Gasteiger partial charge is 0.484 e. The highest BCUT2D eigenvalue weighted by atomic mass is 32.1. The van der Waals surface area contributed by atoms with E-state index in [1.165, 1.54) is 11.1 Å². The molecule has 36 heavy (non-hydrogen) atoms. The van der Waals surface area contributed by atoms with Crippen LogP contribution in [-0.4, -0.2) is 22.6 Å². The minimum Gasteiger partial charge on any atom is -0.484 e. The van der Waals surface area contributed by atoms with E-state index in [0.717, 1.165) is 23.1 Å². The third-order valence-electron chi connectivity index (χ3n) is 6.13. The van der Waals surface area contributed by atoms with Gasteiger partial charge in [0, 0.05) is 11.3 Å². The topological polar surface area (TPSA) is 76.4 Å². The van der Waals surface area contributed by atoms with Crippen LogP contribution in [0.1, 0.15) is 57.1 Å². The van der Waals surface area contributed by atoms with Crippen molar-refractivity contribution < 1.29 is 13.9 Å². The van der Waals surface area contributed by atoms with Crippen molar-refractivity contribution in [1.29, 1.82) is 0 Å². The Hall–Kier alpha value is -3.71. The third kappa shape index (κ3) is 6.29. The summed E-state index contributed by atoms with van der Waals surface area (Å²) < 4.78 is 11.6. The molecule has 0 aliphatic carbocycles. The van der Waals surface area contributed by atoms with Crippen molar-refractivity contribution in [2.24, 2.45) is 0 Å². The highest BCUT2D eigenvalue weighted by molar-refractivity contribution is 7.80. The van der Waals surface area contributed by atoms with E-state index in [9.17, 15) is 4.79 Å². The molecular weight excluding hydrogens is 470 g/mol. The zero-order chi connectivity index (χ0) is 25.7. The molecule has 0 bridgehead atoms. The van der Waals surface area contributed by atoms with Gasteiger partial charge < -0.3 is 14.5 Å². The Bertz CT molecular complexity index is 1360. The second-order valence-corrected chi connectivity index (χ2v) is 9.56. The number of carbonyl (C=O) groups excluding carboxylic acids is 1. The normalized spacial score (nSPS) is 11.9. The molecule has 0 fully saturated rings. The lowest BCUT2D eigenvalue weighted by molar-refractivity contribution is -0.121. The number of hydrogen-bond acceptors (Lipinski definition) is 5. The third-order valence-corrected chi connectivity index (χ3v) is 6.33. The fourth-order valence-corrected chi connectivity index (χ4v) is 3.99. The van der Waals surface area contributed by atoms with E-state index in [1.54, 1.807) is 0 Å². The summed E-state index contributed by atoms with van der Waals surface area (Å²) in [5, 5.41) is 5.88. The fraction of sp³-hybridized carbons (Fsp3) is 0.276. The predicted octanol–water partition coefficient (Wildman–Crippen LogP) is 7.02. The highest BCUT2D eigenvalue weighted by Crippen LogP contribution is 2.29. The number of nitrogens with zero attached hydrogens (tertiary/aromatic N) is 1. The van der Waals surface area contributed by atoms with Crippen LogP contribution in [0.5, 0.6) is 5.75 Å². The standard InChI is InChI=1S/C29H31N3O3S/c1-5-19(4)21-11-14-26-25(16-21)31-28(35-26)22-7-6-8-23(15-22)30-29(36)32-27(33)17-34-24-12-9-20(10-13-24)18(2)3/h6-16,18-19H,5,17H2,1-4H3,(H2,30,32,33,36)/t19-/m1/s1. The van der Waals surface area contributed by atoms with Gasteiger partial charge in [0.25, 0.3) is 5.91 Å². The first-order chi connectivity index (χ1) is 17.3. The van der Waals surface area contributed by atoms with Crippen molar-refractivity contribution in [3.63, 3.8) is 0 Å². The van der Waals surface area contributed by atoms with Gasteiger partial charge in [-0.15, -0.1) is 0 Å². The van der Waals surface area contributed by atoms with Crippen molar-refractivity contribution in [3.8, 4) is 17.2 Å². The minimum atomic E-state index is -0.340. The average Bonchev–Trinajstić information content (AvgIpc) is 3.31. The first-order valence-corrected chi connectivity index (χ1v) is 12.6. The lowest BCUT2D eigenvalue weighted by Gasteiger charge is -2.11. The van der Waals surface area contributed by atoms with Crippen LogP contribution in [-0.2, 0) is 4.79 Å². The number of nitrogens with one attached hydrogen (secondary N) is 2. The monoisotopic (exact) mass is 501 g/mol. The molecule has 1 amide bonds. The molecule has 1 aromatic heterocycles. The first kappa shape index (κ1) is 25.4. The summed E-state index contributed by atoms with van der Waals surface area (Å²) in [5.74, 6) is 1.73. The van der Waals surface area contributed by atoms with Crippen LogP contribution < -0.4 is 15.4 Å². The van der Waals surface area contributed by atoms with E-state index in [-0.39, 0.29) is 17.6 Å². The summed E-state index contributed by atoms with van der Waals surface area (Å²) in [6, 6.07) is 21.4. The van der Waals surface area contributed by atoms with E-state index in [0.29, 0.717) is 29.2 Å². The zero-order valence-electron chi connectivity index (χ0n) is 21.0. The van der Waals surface area contributed by atoms with Crippen LogP contribution in [0, 0.1) is 0 Å². The van der Waals surface area contributed by atoms with Crippen LogP contribution in [0.15, 0.2) is 71.1 Å². The lowest BCUT2D eigenvalue weighted by Crippen LogP contribution is -2.37. The summed E-state index contributed by atoms with van der Waals surface area (Å²) in [4.78, 5) is 17.0. The number of ether oxygens (including phenoxy) is 1. The Balaban J connectivity index is 1.35. The van der Waals surface area contributed by atoms with Crippen molar-refractivity contribution in [2.75, 3.05) is 11.9 Å². The van der Waals surface area contributed by atoms with Gasteiger partial charge in [-0.25, -0.2) is 4.98 Å². The molecule has 4 rings (SSSR count). The van der Waals surface area contributed by atoms with E-state index >= 15 is 0 Å². The molecule has 4 aromatic rings. The van der Waals surface area contributed by atoms with Gasteiger partial charge in [0.15, 0.2) is 17.3 Å². The molecule has 7 heteroatoms. The maximum atomic E-state index is 12.3. The number of amides is 1. The Morgan fingerprint density at radius 1 is 1.03 bits per heavy atom. The van der Waals surface area contributed by atoms with Gasteiger partial charge in [-0.05, 0) is 84.1 Å². The molecule has 1 atom stereocenters. The summed E-state index contributed by atoms with van der Waals surface area (Å²) in [7, 11) is 0. The van der Waals surface area contributed by atoms with Crippen molar-refractivity contribution >= 4 is 40.0 Å². The molecule has 0 saturated carbocycles. The lowest BCUT2D eigenvalue weighted by atomic mass is 9.98. The van der Waals surface area contributed by atoms with E-state index in [1.807, 2.05) is 54.6 Å². The van der Waals surface area contributed by atoms with Crippen LogP contribution >= 0.6 is 12.2 Å². The number of hydrogen-bond donors (Lipinski definition) is 2. The van der Waals surface area contributed by atoms with Crippen molar-refractivity contribution in [1.82, 2.24) is 10.3 Å². The van der Waals surface area contributed by atoms with Gasteiger partial charge >= 0.3 is 0 Å². The second-order valence-electron chi connectivity index (χ2n) is 9.15. The maximum Gasteiger partial charge on any atom is 0.264 e. The molecule has 0 unspecified atom stereocenters. The predicted molar refractivity (Wildman–Crippen MR) is 149 cm³/mol. The van der Waals surface area contributed by atoms with Gasteiger partial charge in [-0.2, -0.15) is 0 Å². The SMILES string of the molecule is CC[C@@H](C)c1ccc2oc(-c3cccc(NC(=S)NC(=O)COc4ccc(C(C)C)cc4)c3)nc2c1. The minimum absolute atomic E-state index is 0.134. The first-order valence-electron chi connectivity index (χ1n) is 12.2. The molecule has 0 aliphatic rings. The van der Waals surface area contributed by atoms with E-state index < -0.39 is 0 Å². The molecular formula is C29H31N3O3S. The zero-order valence-corrected chi connectivity index (χ0v) is 21.8. The number of aromatic nitrogens is 1. The molecule has 2 N–H and O–H groups in total. The molecule has 6 nitrogen and oxygen atoms in total. The van der Waals surface area contributed by atoms with Crippen LogP contribution in [0.2, 0.25) is 0 Å². The van der Waals surface area contributed by atoms with Gasteiger partial charge in [0.1, 0.15) is 11.3 Å². The quantitative estimate of drug-likeness (QED) is 0.253. The molecule has 0 aliphatic heterocycles. The summed E-state index contributed by atoms with van der Waals surface area (Å²) in [6.07, 6.45) is 1.07. The number of fused-ring (bicyclic) bond motifs is 1. The van der Waals surface area contributed by atoms with Crippen molar-refractivity contribution in [3.05, 3.63) is 77.9 Å². The summed E-state index contributed by atoms with van der Waals surface area (Å²) in [5.41, 5.74) is 5.57. The summed E-state index contributed by atoms with van der Waals surface area (Å²) in [6.45, 7) is 8.50. The average molecular weight is 502 g/mol. The number of benzene rings is 3. The van der Waals surface area contributed by atoms with Gasteiger partial charge in [-0.1, -0.05) is 52.0 Å². The molecule has 0 spiro atoms. The number of anilines is 1. The maximum absolute atomic E-state index is 12.3. The molecule has 0 saturated heterocycles. The van der Waals surface area contributed by atoms with Crippen LogP contribution in [0.3, 0.4) is 0 Å². The number of oxazole rings is 1. The molecule has 1 heterocycles. The Morgan fingerprint density at radius 3 is 2.50 bits per heavy atom. The Morgan fingerprint density at radius 2 is 1.78 bits per heavy atom. The van der Waals surface area contributed by atoms with Gasteiger partial charge in [0.05, 0.1) is 0 Å². The van der Waals surface area contributed by atoms with E-state index in [2.05, 4.69) is 55.4 Å². The fourth-order valence-electron chi connectivity index (χ4n) is 3.76. The molecule has 0 radical (unpaired) electrons. The van der Waals surface area contributed by atoms with Crippen LogP contribution in [0.25, 0.3) is 22.6 Å². The van der Waals surface area contributed by atoms with Crippen LogP contribution in [0.4, 0.5) is 5.69 Å². The molecule has 3 aromatic carbocycles. The number of rotatable bonds is 8.